The number of aryl methyl sites for hydroxylation is 2. The first kappa shape index (κ1) is 12.8. The molecule has 2 heterocycles. The number of nitrogens with one attached hydrogen (secondary N) is 2. The van der Waals surface area contributed by atoms with Crippen molar-refractivity contribution in [1.29, 1.82) is 0 Å². The van der Waals surface area contributed by atoms with E-state index >= 15 is 0 Å². The second-order valence-corrected chi connectivity index (χ2v) is 5.56. The van der Waals surface area contributed by atoms with Crippen LogP contribution < -0.4 is 0 Å². The molecule has 0 unspecified atom stereocenters. The van der Waals surface area contributed by atoms with E-state index in [1.165, 1.54) is 5.56 Å². The van der Waals surface area contributed by atoms with Gasteiger partial charge in [0.1, 0.15) is 11.5 Å². The third-order valence-corrected chi connectivity index (χ3v) is 4.18. The lowest BCUT2D eigenvalue weighted by Gasteiger charge is -2.02. The van der Waals surface area contributed by atoms with Crippen molar-refractivity contribution in [3.05, 3.63) is 59.9 Å². The van der Waals surface area contributed by atoms with E-state index in [0.29, 0.717) is 5.75 Å². The summed E-state index contributed by atoms with van der Waals surface area (Å²) in [5.74, 6) is 0.583. The molecule has 0 fully saturated rings. The zero-order valence-corrected chi connectivity index (χ0v) is 11.9. The largest absolute Gasteiger partial charge is 0.508 e. The quantitative estimate of drug-likeness (QED) is 0.463. The van der Waals surface area contributed by atoms with Gasteiger partial charge in [0, 0.05) is 40.3 Å². The summed E-state index contributed by atoms with van der Waals surface area (Å²) in [5.41, 5.74) is 4.22. The van der Waals surface area contributed by atoms with Crippen molar-refractivity contribution in [3.63, 3.8) is 0 Å². The van der Waals surface area contributed by atoms with Crippen LogP contribution in [0.15, 0.2) is 48.8 Å². The van der Waals surface area contributed by atoms with E-state index in [9.17, 15) is 10.2 Å². The van der Waals surface area contributed by atoms with Crippen LogP contribution in [0.5, 0.6) is 11.5 Å². The van der Waals surface area contributed by atoms with Crippen molar-refractivity contribution in [2.75, 3.05) is 0 Å². The lowest BCUT2D eigenvalue weighted by Crippen LogP contribution is -1.89. The number of aromatic amines is 2. The monoisotopic (exact) mass is 292 g/mol. The number of H-pyrrole nitrogens is 2. The predicted octanol–water partition coefficient (Wildman–Crippen LogP) is 3.85. The van der Waals surface area contributed by atoms with Gasteiger partial charge in [0.2, 0.25) is 0 Å². The summed E-state index contributed by atoms with van der Waals surface area (Å²) < 4.78 is 0. The number of hydrogen-bond acceptors (Lipinski definition) is 2. The zero-order valence-electron chi connectivity index (χ0n) is 11.9. The minimum absolute atomic E-state index is 0.266. The number of benzene rings is 2. The third-order valence-electron chi connectivity index (χ3n) is 4.18. The van der Waals surface area contributed by atoms with Crippen LogP contribution in [0.1, 0.15) is 11.1 Å². The van der Waals surface area contributed by atoms with Crippen LogP contribution in [-0.4, -0.2) is 20.2 Å². The Morgan fingerprint density at radius 1 is 0.818 bits per heavy atom. The normalized spacial score (nSPS) is 11.5. The maximum atomic E-state index is 10.0. The SMILES string of the molecule is Oc1ccc2c(CCc3c[nH]c4cccc(O)c34)c[nH]c2c1. The lowest BCUT2D eigenvalue weighted by molar-refractivity contribution is 0.476. The fourth-order valence-electron chi connectivity index (χ4n) is 3.08. The summed E-state index contributed by atoms with van der Waals surface area (Å²) in [6.45, 7) is 0. The second-order valence-electron chi connectivity index (χ2n) is 5.56. The fourth-order valence-corrected chi connectivity index (χ4v) is 3.08. The van der Waals surface area contributed by atoms with E-state index in [1.807, 2.05) is 30.6 Å². The average molecular weight is 292 g/mol. The highest BCUT2D eigenvalue weighted by atomic mass is 16.3. The van der Waals surface area contributed by atoms with Gasteiger partial charge >= 0.3 is 0 Å². The van der Waals surface area contributed by atoms with E-state index in [0.717, 1.165) is 40.2 Å². The molecule has 0 saturated carbocycles. The first-order valence-electron chi connectivity index (χ1n) is 7.29. The molecule has 4 aromatic rings. The molecular formula is C18H16N2O2. The molecule has 4 rings (SSSR count). The smallest absolute Gasteiger partial charge is 0.125 e. The van der Waals surface area contributed by atoms with Gasteiger partial charge in [-0.05, 0) is 48.2 Å². The second kappa shape index (κ2) is 4.84. The molecule has 0 aliphatic rings. The average Bonchev–Trinajstić information content (AvgIpc) is 3.09. The Kier molecular flexibility index (Phi) is 2.82. The molecule has 0 aliphatic carbocycles. The molecule has 0 radical (unpaired) electrons. The number of phenols is 2. The Labute approximate surface area is 127 Å². The molecule has 0 aliphatic heterocycles. The minimum atomic E-state index is 0.266. The topological polar surface area (TPSA) is 72.0 Å². The lowest BCUT2D eigenvalue weighted by atomic mass is 10.0. The fraction of sp³-hybridized carbons (Fsp3) is 0.111. The Morgan fingerprint density at radius 2 is 1.59 bits per heavy atom. The highest BCUT2D eigenvalue weighted by Crippen LogP contribution is 2.29. The molecule has 0 saturated heterocycles. The predicted molar refractivity (Wildman–Crippen MR) is 87.3 cm³/mol. The van der Waals surface area contributed by atoms with Crippen molar-refractivity contribution >= 4 is 21.8 Å². The molecule has 0 atom stereocenters. The Balaban J connectivity index is 1.66. The van der Waals surface area contributed by atoms with E-state index in [-0.39, 0.29) is 5.75 Å². The Hall–Kier alpha value is -2.88. The van der Waals surface area contributed by atoms with E-state index in [4.69, 9.17) is 0 Å². The standard InChI is InChI=1S/C18H16N2O2/c21-13-6-7-14-11(9-20-16(14)8-13)4-5-12-10-19-15-2-1-3-17(22)18(12)15/h1-3,6-10,19-22H,4-5H2. The maximum Gasteiger partial charge on any atom is 0.125 e. The van der Waals surface area contributed by atoms with Crippen molar-refractivity contribution in [2.24, 2.45) is 0 Å². The molecule has 0 spiro atoms. The third kappa shape index (κ3) is 2.00. The number of hydrogen-bond donors (Lipinski definition) is 4. The number of aromatic nitrogens is 2. The van der Waals surface area contributed by atoms with E-state index < -0.39 is 0 Å². The van der Waals surface area contributed by atoms with Gasteiger partial charge in [-0.3, -0.25) is 0 Å². The van der Waals surface area contributed by atoms with Crippen LogP contribution in [0.4, 0.5) is 0 Å². The maximum absolute atomic E-state index is 10.0. The van der Waals surface area contributed by atoms with Crippen LogP contribution in [0.3, 0.4) is 0 Å². The molecule has 2 aromatic heterocycles. The van der Waals surface area contributed by atoms with Crippen molar-refractivity contribution in [2.45, 2.75) is 12.8 Å². The number of rotatable bonds is 3. The first-order chi connectivity index (χ1) is 10.7. The van der Waals surface area contributed by atoms with Gasteiger partial charge in [-0.15, -0.1) is 0 Å². The molecule has 110 valence electrons. The van der Waals surface area contributed by atoms with Gasteiger partial charge < -0.3 is 20.2 Å². The summed E-state index contributed by atoms with van der Waals surface area (Å²) in [7, 11) is 0. The molecule has 4 nitrogen and oxygen atoms in total. The number of fused-ring (bicyclic) bond motifs is 2. The number of aromatic hydroxyl groups is 2. The zero-order chi connectivity index (χ0) is 15.1. The summed E-state index contributed by atoms with van der Waals surface area (Å²) in [4.78, 5) is 6.39. The van der Waals surface area contributed by atoms with Gasteiger partial charge in [-0.1, -0.05) is 6.07 Å². The van der Waals surface area contributed by atoms with Gasteiger partial charge in [0.25, 0.3) is 0 Å². The molecule has 4 N–H and O–H groups in total. The minimum Gasteiger partial charge on any atom is -0.508 e. The summed E-state index contributed by atoms with van der Waals surface area (Å²) in [6, 6.07) is 10.9. The summed E-state index contributed by atoms with van der Waals surface area (Å²) in [5, 5.41) is 21.6. The Bertz CT molecular complexity index is 966. The van der Waals surface area contributed by atoms with Crippen molar-refractivity contribution in [1.82, 2.24) is 9.97 Å². The number of phenolic OH excluding ortho intramolecular Hbond substituents is 2. The van der Waals surface area contributed by atoms with Crippen LogP contribution >= 0.6 is 0 Å². The highest BCUT2D eigenvalue weighted by molar-refractivity contribution is 5.89. The molecule has 2 aromatic carbocycles. The molecule has 0 bridgehead atoms. The summed E-state index contributed by atoms with van der Waals surface area (Å²) >= 11 is 0. The first-order valence-corrected chi connectivity index (χ1v) is 7.29. The van der Waals surface area contributed by atoms with E-state index in [1.54, 1.807) is 18.2 Å². The molecule has 4 heteroatoms. The van der Waals surface area contributed by atoms with Crippen molar-refractivity contribution in [3.8, 4) is 11.5 Å². The van der Waals surface area contributed by atoms with Gasteiger partial charge in [0.05, 0.1) is 0 Å². The van der Waals surface area contributed by atoms with Crippen molar-refractivity contribution < 1.29 is 10.2 Å². The van der Waals surface area contributed by atoms with Crippen LogP contribution in [-0.2, 0) is 12.8 Å². The van der Waals surface area contributed by atoms with Gasteiger partial charge in [0.15, 0.2) is 0 Å². The van der Waals surface area contributed by atoms with E-state index in [2.05, 4.69) is 9.97 Å². The molecule has 22 heavy (non-hydrogen) atoms. The van der Waals surface area contributed by atoms with Crippen LogP contribution in [0.2, 0.25) is 0 Å². The van der Waals surface area contributed by atoms with Crippen LogP contribution in [0, 0.1) is 0 Å². The molecule has 0 amide bonds. The highest BCUT2D eigenvalue weighted by Gasteiger charge is 2.10. The van der Waals surface area contributed by atoms with Gasteiger partial charge in [-0.2, -0.15) is 0 Å². The van der Waals surface area contributed by atoms with Gasteiger partial charge in [-0.25, -0.2) is 0 Å². The summed E-state index contributed by atoms with van der Waals surface area (Å²) in [6.07, 6.45) is 5.65. The Morgan fingerprint density at radius 3 is 2.50 bits per heavy atom. The molecular weight excluding hydrogens is 276 g/mol. The van der Waals surface area contributed by atoms with Crippen LogP contribution in [0.25, 0.3) is 21.8 Å².